The van der Waals surface area contributed by atoms with Gasteiger partial charge in [0.05, 0.1) is 11.4 Å². The maximum Gasteiger partial charge on any atom is 0.325 e. The van der Waals surface area contributed by atoms with E-state index in [0.717, 1.165) is 21.9 Å². The fourth-order valence-electron chi connectivity index (χ4n) is 4.24. The molecule has 34 heavy (non-hydrogen) atoms. The second-order valence-corrected chi connectivity index (χ2v) is 9.96. The van der Waals surface area contributed by atoms with Gasteiger partial charge >= 0.3 is 6.03 Å². The summed E-state index contributed by atoms with van der Waals surface area (Å²) in [6.07, 6.45) is 2.26. The summed E-state index contributed by atoms with van der Waals surface area (Å²) in [6.45, 7) is 3.96. The Hall–Kier alpha value is -3.73. The van der Waals surface area contributed by atoms with Crippen LogP contribution in [0.2, 0.25) is 0 Å². The van der Waals surface area contributed by atoms with Crippen molar-refractivity contribution in [3.8, 4) is 5.69 Å². The summed E-state index contributed by atoms with van der Waals surface area (Å²) >= 11 is 1.73. The first-order valence-corrected chi connectivity index (χ1v) is 11.8. The van der Waals surface area contributed by atoms with Gasteiger partial charge in [0, 0.05) is 16.7 Å². The minimum atomic E-state index is -1.32. The van der Waals surface area contributed by atoms with Crippen molar-refractivity contribution >= 4 is 35.3 Å². The molecule has 1 aromatic heterocycles. The summed E-state index contributed by atoms with van der Waals surface area (Å²) in [4.78, 5) is 43.3. The van der Waals surface area contributed by atoms with Crippen molar-refractivity contribution in [2.24, 2.45) is 0 Å². The highest BCUT2D eigenvalue weighted by atomic mass is 32.2. The zero-order valence-corrected chi connectivity index (χ0v) is 19.5. The third kappa shape index (κ3) is 3.81. The van der Waals surface area contributed by atoms with Crippen LogP contribution in [0.1, 0.15) is 25.8 Å². The Kier molecular flexibility index (Phi) is 5.56. The van der Waals surface area contributed by atoms with Gasteiger partial charge in [-0.3, -0.25) is 14.5 Å². The van der Waals surface area contributed by atoms with E-state index in [1.165, 1.54) is 11.0 Å². The van der Waals surface area contributed by atoms with Crippen molar-refractivity contribution in [1.82, 2.24) is 30.4 Å². The van der Waals surface area contributed by atoms with E-state index in [1.54, 1.807) is 47.9 Å². The van der Waals surface area contributed by atoms with E-state index < -0.39 is 17.5 Å². The number of para-hydroxylation sites is 1. The Morgan fingerprint density at radius 3 is 2.82 bits per heavy atom. The van der Waals surface area contributed by atoms with Crippen LogP contribution >= 0.6 is 11.8 Å². The van der Waals surface area contributed by atoms with Crippen molar-refractivity contribution in [3.05, 3.63) is 60.4 Å². The second kappa shape index (κ2) is 8.56. The Morgan fingerprint density at radius 2 is 2.03 bits per heavy atom. The van der Waals surface area contributed by atoms with E-state index in [4.69, 9.17) is 0 Å². The topological polar surface area (TPSA) is 113 Å². The van der Waals surface area contributed by atoms with Gasteiger partial charge in [-0.1, -0.05) is 31.2 Å². The van der Waals surface area contributed by atoms with E-state index in [1.807, 2.05) is 24.3 Å². The molecule has 0 unspecified atom stereocenters. The molecule has 2 aliphatic rings. The second-order valence-electron chi connectivity index (χ2n) is 8.48. The first-order chi connectivity index (χ1) is 16.4. The van der Waals surface area contributed by atoms with Crippen LogP contribution in [0.4, 0.5) is 10.5 Å². The lowest BCUT2D eigenvalue weighted by atomic mass is 9.91. The molecule has 0 aliphatic carbocycles. The van der Waals surface area contributed by atoms with E-state index >= 15 is 0 Å². The van der Waals surface area contributed by atoms with Crippen molar-refractivity contribution in [2.45, 2.75) is 36.0 Å². The highest BCUT2D eigenvalue weighted by Crippen LogP contribution is 2.37. The number of aromatic nitrogens is 4. The van der Waals surface area contributed by atoms with E-state index in [-0.39, 0.29) is 12.5 Å². The quantitative estimate of drug-likeness (QED) is 0.574. The van der Waals surface area contributed by atoms with Crippen LogP contribution in [0.25, 0.3) is 5.69 Å². The smallest absolute Gasteiger partial charge is 0.319 e. The lowest BCUT2D eigenvalue weighted by Gasteiger charge is -2.25. The van der Waals surface area contributed by atoms with Crippen LogP contribution in [0.5, 0.6) is 0 Å². The van der Waals surface area contributed by atoms with Gasteiger partial charge in [0.15, 0.2) is 0 Å². The molecule has 0 saturated carbocycles. The Morgan fingerprint density at radius 1 is 1.21 bits per heavy atom. The number of carbonyl (C=O) groups excluding carboxylic acids is 3. The van der Waals surface area contributed by atoms with Crippen LogP contribution in [0.15, 0.2) is 59.8 Å². The molecule has 174 valence electrons. The van der Waals surface area contributed by atoms with Gasteiger partial charge in [0.2, 0.25) is 5.91 Å². The number of thioether (sulfide) groups is 1. The van der Waals surface area contributed by atoms with Gasteiger partial charge in [-0.2, -0.15) is 0 Å². The number of urea groups is 1. The number of imide groups is 1. The van der Waals surface area contributed by atoms with Crippen molar-refractivity contribution in [1.29, 1.82) is 0 Å². The fraction of sp³-hybridized carbons (Fsp3) is 0.304. The molecule has 5 rings (SSSR count). The largest absolute Gasteiger partial charge is 0.325 e. The fourth-order valence-corrected chi connectivity index (χ4v) is 5.35. The van der Waals surface area contributed by atoms with Crippen LogP contribution in [0.3, 0.4) is 0 Å². The summed E-state index contributed by atoms with van der Waals surface area (Å²) in [6, 6.07) is 14.2. The molecule has 11 heteroatoms. The lowest BCUT2D eigenvalue weighted by Crippen LogP contribution is -2.45. The molecule has 0 bridgehead atoms. The Labute approximate surface area is 200 Å². The summed E-state index contributed by atoms with van der Waals surface area (Å²) in [5.74, 6) is -0.775. The van der Waals surface area contributed by atoms with Crippen LogP contribution < -0.4 is 10.2 Å². The molecule has 2 aliphatic heterocycles. The van der Waals surface area contributed by atoms with Crippen molar-refractivity contribution in [2.75, 3.05) is 18.0 Å². The van der Waals surface area contributed by atoms with Gasteiger partial charge in [0.1, 0.15) is 18.4 Å². The number of hydrogen-bond acceptors (Lipinski definition) is 7. The molecule has 2 atom stereocenters. The predicted molar refractivity (Wildman–Crippen MR) is 125 cm³/mol. The minimum absolute atomic E-state index is 0.294. The van der Waals surface area contributed by atoms with Crippen molar-refractivity contribution in [3.63, 3.8) is 0 Å². The first-order valence-electron chi connectivity index (χ1n) is 10.9. The van der Waals surface area contributed by atoms with Gasteiger partial charge in [-0.15, -0.1) is 16.9 Å². The SMILES string of the molecule is C[C@H]1CCN(C(=O)CN2C(=O)N[C@](C)(c3cccc(-n4cnnn4)c3)C2=O)c2ccccc2S1. The number of nitrogens with one attached hydrogen (secondary N) is 1. The number of nitrogens with zero attached hydrogens (tertiary/aromatic N) is 6. The molecule has 0 radical (unpaired) electrons. The average molecular weight is 478 g/mol. The number of fused-ring (bicyclic) bond motifs is 1. The van der Waals surface area contributed by atoms with Gasteiger partial charge in [-0.25, -0.2) is 9.48 Å². The number of anilines is 1. The third-order valence-electron chi connectivity index (χ3n) is 6.15. The lowest BCUT2D eigenvalue weighted by molar-refractivity contribution is -0.134. The van der Waals surface area contributed by atoms with Crippen molar-refractivity contribution < 1.29 is 14.4 Å². The maximum atomic E-state index is 13.4. The molecule has 2 aromatic carbocycles. The van der Waals surface area contributed by atoms with E-state index in [2.05, 4.69) is 27.8 Å². The highest BCUT2D eigenvalue weighted by molar-refractivity contribution is 8.00. The molecule has 4 amide bonds. The Balaban J connectivity index is 1.39. The maximum absolute atomic E-state index is 13.4. The van der Waals surface area contributed by atoms with Crippen LogP contribution in [-0.4, -0.2) is 61.3 Å². The summed E-state index contributed by atoms with van der Waals surface area (Å²) in [5.41, 5.74) is 0.709. The zero-order chi connectivity index (χ0) is 23.9. The average Bonchev–Trinajstić information content (AvgIpc) is 3.39. The first kappa shape index (κ1) is 22.1. The molecule has 1 N–H and O–H groups in total. The van der Waals surface area contributed by atoms with Gasteiger partial charge in [-0.05, 0) is 53.6 Å². The molecule has 3 aromatic rings. The number of tetrazole rings is 1. The predicted octanol–water partition coefficient (Wildman–Crippen LogP) is 2.35. The van der Waals surface area contributed by atoms with Crippen LogP contribution in [-0.2, 0) is 15.1 Å². The molecular formula is C23H23N7O3S. The van der Waals surface area contributed by atoms with E-state index in [0.29, 0.717) is 23.0 Å². The summed E-state index contributed by atoms with van der Waals surface area (Å²) in [5, 5.41) is 14.3. The summed E-state index contributed by atoms with van der Waals surface area (Å²) in [7, 11) is 0. The number of hydrogen-bond donors (Lipinski definition) is 1. The van der Waals surface area contributed by atoms with Gasteiger partial charge < -0.3 is 10.2 Å². The molecule has 3 heterocycles. The molecule has 0 spiro atoms. The third-order valence-corrected chi connectivity index (χ3v) is 7.39. The molecule has 1 saturated heterocycles. The Bertz CT molecular complexity index is 1260. The molecule has 10 nitrogen and oxygen atoms in total. The number of rotatable bonds is 4. The van der Waals surface area contributed by atoms with Gasteiger partial charge in [0.25, 0.3) is 5.91 Å². The monoisotopic (exact) mass is 477 g/mol. The number of amides is 4. The summed E-state index contributed by atoms with van der Waals surface area (Å²) < 4.78 is 1.46. The standard InChI is InChI=1S/C23H23N7O3S/c1-15-10-11-28(18-8-3-4-9-19(18)34-15)20(31)13-29-21(32)23(2,25-22(29)33)16-6-5-7-17(12-16)30-14-24-26-27-30/h3-9,12,14-15H,10-11,13H2,1-2H3,(H,25,33)/t15-,23+/m0/s1. The van der Waals surface area contributed by atoms with E-state index in [9.17, 15) is 14.4 Å². The normalized spacial score (nSPS) is 22.4. The number of benzene rings is 2. The van der Waals surface area contributed by atoms with Crippen LogP contribution in [0, 0.1) is 0 Å². The number of carbonyl (C=O) groups is 3. The highest BCUT2D eigenvalue weighted by Gasteiger charge is 2.50. The molecular weight excluding hydrogens is 454 g/mol. The minimum Gasteiger partial charge on any atom is -0.319 e. The zero-order valence-electron chi connectivity index (χ0n) is 18.7. The molecule has 1 fully saturated rings.